The monoisotopic (exact) mass is 294 g/mol. The molecule has 5 nitrogen and oxygen atoms in total. The highest BCUT2D eigenvalue weighted by molar-refractivity contribution is 7.09. The molecule has 1 aromatic heterocycles. The third-order valence-electron chi connectivity index (χ3n) is 4.39. The van der Waals surface area contributed by atoms with Crippen LogP contribution in [0.3, 0.4) is 0 Å². The van der Waals surface area contributed by atoms with Gasteiger partial charge in [-0.1, -0.05) is 0 Å². The molecule has 0 bridgehead atoms. The minimum absolute atomic E-state index is 0.373. The molecule has 1 atom stereocenters. The van der Waals surface area contributed by atoms with Crippen LogP contribution in [-0.2, 0) is 11.3 Å². The number of thiazole rings is 1. The average molecular weight is 294 g/mol. The zero-order valence-electron chi connectivity index (χ0n) is 12.2. The van der Waals surface area contributed by atoms with Crippen molar-refractivity contribution in [3.05, 3.63) is 16.1 Å². The molecule has 110 valence electrons. The van der Waals surface area contributed by atoms with Gasteiger partial charge in [0.25, 0.3) is 0 Å². The highest BCUT2D eigenvalue weighted by Crippen LogP contribution is 2.38. The van der Waals surface area contributed by atoms with Gasteiger partial charge in [0.05, 0.1) is 24.4 Å². The first kappa shape index (κ1) is 13.8. The van der Waals surface area contributed by atoms with E-state index in [1.165, 1.54) is 17.7 Å². The normalized spacial score (nSPS) is 26.7. The second-order valence-corrected chi connectivity index (χ2v) is 6.68. The first-order valence-corrected chi connectivity index (χ1v) is 8.03. The Labute approximate surface area is 124 Å². The van der Waals surface area contributed by atoms with E-state index in [0.717, 1.165) is 44.5 Å². The van der Waals surface area contributed by atoms with Crippen molar-refractivity contribution in [1.82, 2.24) is 15.2 Å². The highest BCUT2D eigenvalue weighted by atomic mass is 32.1. The molecule has 2 aliphatic rings. The van der Waals surface area contributed by atoms with E-state index in [1.807, 2.05) is 12.6 Å². The molecule has 1 aromatic rings. The molecule has 2 fully saturated rings. The molecule has 3 rings (SSSR count). The molecule has 3 heterocycles. The maximum absolute atomic E-state index is 5.59. The molecule has 1 spiro atoms. The Kier molecular flexibility index (Phi) is 3.94. The van der Waals surface area contributed by atoms with E-state index >= 15 is 0 Å². The summed E-state index contributed by atoms with van der Waals surface area (Å²) in [5.41, 5.74) is 3.38. The van der Waals surface area contributed by atoms with E-state index in [-0.39, 0.29) is 0 Å². The second kappa shape index (κ2) is 5.69. The molecule has 0 aromatic carbocycles. The summed E-state index contributed by atoms with van der Waals surface area (Å²) in [6.07, 6.45) is 2.40. The third-order valence-corrected chi connectivity index (χ3v) is 5.32. The molecule has 20 heavy (non-hydrogen) atoms. The lowest BCUT2D eigenvalue weighted by Crippen LogP contribution is -2.41. The maximum Gasteiger partial charge on any atom is 0.193 e. The highest BCUT2D eigenvalue weighted by Gasteiger charge is 2.42. The minimum atomic E-state index is 0.373. The third kappa shape index (κ3) is 2.67. The molecule has 0 saturated carbocycles. The Hall–Kier alpha value is -1.14. The smallest absolute Gasteiger partial charge is 0.193 e. The molecular weight excluding hydrogens is 272 g/mol. The van der Waals surface area contributed by atoms with Gasteiger partial charge in [0.2, 0.25) is 0 Å². The van der Waals surface area contributed by atoms with Crippen molar-refractivity contribution in [2.45, 2.75) is 26.3 Å². The lowest BCUT2D eigenvalue weighted by Gasteiger charge is -2.24. The summed E-state index contributed by atoms with van der Waals surface area (Å²) in [4.78, 5) is 12.4. The number of guanidine groups is 1. The van der Waals surface area contributed by atoms with E-state index < -0.39 is 0 Å². The van der Waals surface area contributed by atoms with Crippen molar-refractivity contribution >= 4 is 17.3 Å². The van der Waals surface area contributed by atoms with Crippen LogP contribution in [-0.4, -0.2) is 49.2 Å². The van der Waals surface area contributed by atoms with Crippen molar-refractivity contribution in [3.8, 4) is 0 Å². The number of nitrogens with zero attached hydrogens (tertiary/aromatic N) is 3. The first-order chi connectivity index (χ1) is 9.72. The van der Waals surface area contributed by atoms with Crippen molar-refractivity contribution in [2.75, 3.05) is 33.4 Å². The predicted molar refractivity (Wildman–Crippen MR) is 81.1 cm³/mol. The Morgan fingerprint density at radius 1 is 1.60 bits per heavy atom. The standard InChI is InChI=1S/C14H22N4OS/c1-11-12(20-10-17-11)7-16-13(15-2)18-5-3-14(8-18)4-6-19-9-14/h10H,3-9H2,1-2H3,(H,15,16). The van der Waals surface area contributed by atoms with Crippen LogP contribution in [0.15, 0.2) is 10.5 Å². The van der Waals surface area contributed by atoms with Gasteiger partial charge in [0.15, 0.2) is 5.96 Å². The van der Waals surface area contributed by atoms with E-state index in [9.17, 15) is 0 Å². The molecule has 1 N–H and O–H groups in total. The summed E-state index contributed by atoms with van der Waals surface area (Å²) < 4.78 is 5.59. The quantitative estimate of drug-likeness (QED) is 0.665. The SMILES string of the molecule is CN=C(NCc1scnc1C)N1CCC2(CCOC2)C1. The fourth-order valence-electron chi connectivity index (χ4n) is 3.07. The van der Waals surface area contributed by atoms with E-state index in [0.29, 0.717) is 5.41 Å². The summed E-state index contributed by atoms with van der Waals surface area (Å²) in [5, 5.41) is 3.47. The topological polar surface area (TPSA) is 49.8 Å². The van der Waals surface area contributed by atoms with Crippen LogP contribution in [0.5, 0.6) is 0 Å². The van der Waals surface area contributed by atoms with Gasteiger partial charge < -0.3 is 15.0 Å². The van der Waals surface area contributed by atoms with Gasteiger partial charge in [0, 0.05) is 37.0 Å². The number of aromatic nitrogens is 1. The van der Waals surface area contributed by atoms with Gasteiger partial charge in [-0.15, -0.1) is 11.3 Å². The van der Waals surface area contributed by atoms with Crippen LogP contribution < -0.4 is 5.32 Å². The van der Waals surface area contributed by atoms with Crippen molar-refractivity contribution in [2.24, 2.45) is 10.4 Å². The van der Waals surface area contributed by atoms with Gasteiger partial charge in [0.1, 0.15) is 0 Å². The number of aliphatic imine (C=N–C) groups is 1. The number of hydrogen-bond acceptors (Lipinski definition) is 4. The fourth-order valence-corrected chi connectivity index (χ4v) is 3.79. The van der Waals surface area contributed by atoms with Gasteiger partial charge in [-0.3, -0.25) is 4.99 Å². The molecule has 6 heteroatoms. The van der Waals surface area contributed by atoms with Crippen LogP contribution in [0, 0.1) is 12.3 Å². The number of ether oxygens (including phenoxy) is 1. The first-order valence-electron chi connectivity index (χ1n) is 7.15. The molecular formula is C14H22N4OS. The van der Waals surface area contributed by atoms with Gasteiger partial charge >= 0.3 is 0 Å². The second-order valence-electron chi connectivity index (χ2n) is 5.74. The Morgan fingerprint density at radius 2 is 2.50 bits per heavy atom. The minimum Gasteiger partial charge on any atom is -0.381 e. The largest absolute Gasteiger partial charge is 0.381 e. The lowest BCUT2D eigenvalue weighted by atomic mass is 9.87. The van der Waals surface area contributed by atoms with Crippen LogP contribution in [0.2, 0.25) is 0 Å². The number of hydrogen-bond donors (Lipinski definition) is 1. The van der Waals surface area contributed by atoms with Crippen molar-refractivity contribution in [3.63, 3.8) is 0 Å². The Bertz CT molecular complexity index is 493. The molecule has 1 unspecified atom stereocenters. The summed E-state index contributed by atoms with van der Waals surface area (Å²) in [5.74, 6) is 1.00. The molecule has 2 saturated heterocycles. The van der Waals surface area contributed by atoms with Crippen LogP contribution >= 0.6 is 11.3 Å². The number of likely N-dealkylation sites (tertiary alicyclic amines) is 1. The maximum atomic E-state index is 5.59. The zero-order chi connectivity index (χ0) is 14.0. The van der Waals surface area contributed by atoms with Crippen LogP contribution in [0.1, 0.15) is 23.4 Å². The summed E-state index contributed by atoms with van der Waals surface area (Å²) in [6.45, 7) is 6.83. The summed E-state index contributed by atoms with van der Waals surface area (Å²) in [7, 11) is 1.86. The number of rotatable bonds is 2. The number of nitrogens with one attached hydrogen (secondary N) is 1. The predicted octanol–water partition coefficient (Wildman–Crippen LogP) is 1.64. The Morgan fingerprint density at radius 3 is 3.15 bits per heavy atom. The van der Waals surface area contributed by atoms with E-state index in [2.05, 4.69) is 27.1 Å². The molecule has 0 radical (unpaired) electrons. The summed E-state index contributed by atoms with van der Waals surface area (Å²) >= 11 is 1.70. The van der Waals surface area contributed by atoms with Gasteiger partial charge in [-0.25, -0.2) is 4.98 Å². The molecule has 0 aliphatic carbocycles. The van der Waals surface area contributed by atoms with Crippen LogP contribution in [0.25, 0.3) is 0 Å². The molecule has 0 amide bonds. The van der Waals surface area contributed by atoms with Crippen molar-refractivity contribution < 1.29 is 4.74 Å². The van der Waals surface area contributed by atoms with Crippen LogP contribution in [0.4, 0.5) is 0 Å². The summed E-state index contributed by atoms with van der Waals surface area (Å²) in [6, 6.07) is 0. The van der Waals surface area contributed by atoms with E-state index in [1.54, 1.807) is 11.3 Å². The van der Waals surface area contributed by atoms with E-state index in [4.69, 9.17) is 4.74 Å². The van der Waals surface area contributed by atoms with Crippen molar-refractivity contribution in [1.29, 1.82) is 0 Å². The number of aryl methyl sites for hydroxylation is 1. The Balaban J connectivity index is 1.59. The lowest BCUT2D eigenvalue weighted by molar-refractivity contribution is 0.156. The fraction of sp³-hybridized carbons (Fsp3) is 0.714. The average Bonchev–Trinajstić information content (AvgIpc) is 3.16. The zero-order valence-corrected chi connectivity index (χ0v) is 13.0. The molecule has 2 aliphatic heterocycles. The van der Waals surface area contributed by atoms with Gasteiger partial charge in [-0.2, -0.15) is 0 Å². The van der Waals surface area contributed by atoms with Gasteiger partial charge in [-0.05, 0) is 19.8 Å².